The minimum atomic E-state index is 0.300. The Morgan fingerprint density at radius 1 is 1.50 bits per heavy atom. The predicted octanol–water partition coefficient (Wildman–Crippen LogP) is 2.32. The van der Waals surface area contributed by atoms with Crippen molar-refractivity contribution in [2.75, 3.05) is 6.61 Å². The summed E-state index contributed by atoms with van der Waals surface area (Å²) in [7, 11) is 0. The molecule has 1 radical (unpaired) electrons. The summed E-state index contributed by atoms with van der Waals surface area (Å²) in [5, 5.41) is 1.52. The molecule has 3 heteroatoms. The van der Waals surface area contributed by atoms with Gasteiger partial charge in [-0.2, -0.15) is 0 Å². The second-order valence-electron chi connectivity index (χ2n) is 3.75. The molecule has 1 aliphatic carbocycles. The molecule has 0 bridgehead atoms. The Morgan fingerprint density at radius 2 is 2.21 bits per heavy atom. The van der Waals surface area contributed by atoms with E-state index in [4.69, 9.17) is 4.84 Å². The molecule has 0 aliphatic heterocycles. The van der Waals surface area contributed by atoms with Crippen molar-refractivity contribution in [3.05, 3.63) is 6.42 Å². The van der Waals surface area contributed by atoms with Crippen LogP contribution in [0.3, 0.4) is 0 Å². The lowest BCUT2D eigenvalue weighted by Gasteiger charge is -2.29. The van der Waals surface area contributed by atoms with E-state index in [1.807, 2.05) is 0 Å². The number of unbranched alkanes of at least 4 members (excludes halogenated alkanes) is 1. The highest BCUT2D eigenvalue weighted by Gasteiger charge is 2.20. The van der Waals surface area contributed by atoms with Crippen molar-refractivity contribution in [2.45, 2.75) is 51.5 Å². The van der Waals surface area contributed by atoms with E-state index in [-0.39, 0.29) is 0 Å². The molecule has 0 aromatic carbocycles. The van der Waals surface area contributed by atoms with Crippen LogP contribution in [0.2, 0.25) is 0 Å². The van der Waals surface area contributed by atoms with Crippen molar-refractivity contribution in [3.8, 4) is 0 Å². The van der Waals surface area contributed by atoms with Crippen molar-refractivity contribution in [1.82, 2.24) is 5.06 Å². The van der Waals surface area contributed by atoms with Gasteiger partial charge in [-0.05, 0) is 38.5 Å². The van der Waals surface area contributed by atoms with E-state index in [0.717, 1.165) is 44.9 Å². The summed E-state index contributed by atoms with van der Waals surface area (Å²) in [6, 6.07) is 0.300. The quantitative estimate of drug-likeness (QED) is 0.372. The van der Waals surface area contributed by atoms with Crippen LogP contribution in [0.1, 0.15) is 45.4 Å². The molecular weight excluding hydrogens is 178 g/mol. The van der Waals surface area contributed by atoms with Crippen LogP contribution in [0.15, 0.2) is 0 Å². The molecule has 0 N–H and O–H groups in total. The molecule has 0 aromatic heterocycles. The van der Waals surface area contributed by atoms with Gasteiger partial charge in [0, 0.05) is 0 Å². The van der Waals surface area contributed by atoms with E-state index in [2.05, 4.69) is 13.3 Å². The first-order valence-corrected chi connectivity index (χ1v) is 5.56. The molecule has 1 saturated carbocycles. The predicted molar refractivity (Wildman–Crippen MR) is 55.3 cm³/mol. The maximum Gasteiger partial charge on any atom is 0.233 e. The highest BCUT2D eigenvalue weighted by molar-refractivity contribution is 5.45. The van der Waals surface area contributed by atoms with Gasteiger partial charge in [0.25, 0.3) is 0 Å². The fourth-order valence-electron chi connectivity index (χ4n) is 1.70. The first kappa shape index (κ1) is 11.5. The Kier molecular flexibility index (Phi) is 5.60. The fraction of sp³-hybridized carbons (Fsp3) is 0.818. The second kappa shape index (κ2) is 6.82. The van der Waals surface area contributed by atoms with Gasteiger partial charge in [-0.3, -0.25) is 9.63 Å². The minimum Gasteiger partial charge on any atom is -0.276 e. The lowest BCUT2D eigenvalue weighted by molar-refractivity contribution is -0.189. The third-order valence-electron chi connectivity index (χ3n) is 2.61. The molecule has 1 rings (SSSR count). The average Bonchev–Trinajstić information content (AvgIpc) is 2.26. The zero-order valence-corrected chi connectivity index (χ0v) is 8.95. The zero-order valence-electron chi connectivity index (χ0n) is 8.95. The van der Waals surface area contributed by atoms with Crippen LogP contribution >= 0.6 is 0 Å². The second-order valence-corrected chi connectivity index (χ2v) is 3.75. The number of carbonyl (C=O) groups is 1. The molecule has 0 atom stereocenters. The smallest absolute Gasteiger partial charge is 0.233 e. The van der Waals surface area contributed by atoms with Crippen LogP contribution in [-0.4, -0.2) is 24.1 Å². The number of hydroxylamine groups is 2. The number of hydrogen-bond acceptors (Lipinski definition) is 2. The summed E-state index contributed by atoms with van der Waals surface area (Å²) in [5.74, 6) is 0. The standard InChI is InChI=1S/C11H20NO2/c1-2-3-9-14-12(10-13)11-7-5-4-6-8-11/h4,10-11H,2-3,5-9H2,1H3. The third-order valence-corrected chi connectivity index (χ3v) is 2.61. The van der Waals surface area contributed by atoms with E-state index in [9.17, 15) is 4.79 Å². The van der Waals surface area contributed by atoms with E-state index < -0.39 is 0 Å². The van der Waals surface area contributed by atoms with Gasteiger partial charge in [0.15, 0.2) is 0 Å². The Bertz CT molecular complexity index is 155. The van der Waals surface area contributed by atoms with Crippen molar-refractivity contribution in [3.63, 3.8) is 0 Å². The van der Waals surface area contributed by atoms with Crippen LogP contribution in [-0.2, 0) is 9.63 Å². The van der Waals surface area contributed by atoms with Gasteiger partial charge in [0.1, 0.15) is 0 Å². The highest BCUT2D eigenvalue weighted by atomic mass is 16.7. The summed E-state index contributed by atoms with van der Waals surface area (Å²) >= 11 is 0. The number of amides is 1. The maximum atomic E-state index is 10.8. The highest BCUT2D eigenvalue weighted by Crippen LogP contribution is 2.21. The van der Waals surface area contributed by atoms with Crippen molar-refractivity contribution < 1.29 is 9.63 Å². The average molecular weight is 198 g/mol. The van der Waals surface area contributed by atoms with E-state index in [0.29, 0.717) is 12.6 Å². The molecule has 1 amide bonds. The number of carbonyl (C=O) groups excluding carboxylic acids is 1. The molecule has 0 aromatic rings. The van der Waals surface area contributed by atoms with Gasteiger partial charge < -0.3 is 0 Å². The van der Waals surface area contributed by atoms with Gasteiger partial charge in [0.05, 0.1) is 12.6 Å². The van der Waals surface area contributed by atoms with Crippen LogP contribution in [0.4, 0.5) is 0 Å². The topological polar surface area (TPSA) is 29.5 Å². The summed E-state index contributed by atoms with van der Waals surface area (Å²) in [5.41, 5.74) is 0. The summed E-state index contributed by atoms with van der Waals surface area (Å²) in [6.45, 7) is 2.78. The Hall–Kier alpha value is -0.570. The number of hydrogen-bond donors (Lipinski definition) is 0. The third kappa shape index (κ3) is 3.66. The van der Waals surface area contributed by atoms with Crippen LogP contribution in [0, 0.1) is 6.42 Å². The molecule has 0 saturated heterocycles. The van der Waals surface area contributed by atoms with Crippen LogP contribution < -0.4 is 0 Å². The van der Waals surface area contributed by atoms with E-state index in [1.165, 1.54) is 5.06 Å². The van der Waals surface area contributed by atoms with Gasteiger partial charge in [-0.25, -0.2) is 5.06 Å². The Morgan fingerprint density at radius 3 is 2.79 bits per heavy atom. The first-order valence-electron chi connectivity index (χ1n) is 5.56. The van der Waals surface area contributed by atoms with Gasteiger partial charge >= 0.3 is 0 Å². The molecule has 3 nitrogen and oxygen atoms in total. The molecular formula is C11H20NO2. The normalized spacial score (nSPS) is 18.1. The summed E-state index contributed by atoms with van der Waals surface area (Å²) in [6.07, 6.45) is 9.53. The minimum absolute atomic E-state index is 0.300. The van der Waals surface area contributed by atoms with E-state index in [1.54, 1.807) is 0 Å². The largest absolute Gasteiger partial charge is 0.276 e. The molecule has 81 valence electrons. The molecule has 1 aliphatic rings. The van der Waals surface area contributed by atoms with Crippen molar-refractivity contribution in [1.29, 1.82) is 0 Å². The lowest BCUT2D eigenvalue weighted by Crippen LogP contribution is -2.36. The SMILES string of the molecule is CCCCON(C=O)C1CC[CH]CC1. The van der Waals surface area contributed by atoms with Crippen LogP contribution in [0.5, 0.6) is 0 Å². The Balaban J connectivity index is 2.24. The molecule has 0 unspecified atom stereocenters. The van der Waals surface area contributed by atoms with E-state index >= 15 is 0 Å². The summed E-state index contributed by atoms with van der Waals surface area (Å²) in [4.78, 5) is 16.2. The van der Waals surface area contributed by atoms with Gasteiger partial charge in [-0.15, -0.1) is 0 Å². The molecule has 0 spiro atoms. The number of rotatable bonds is 6. The molecule has 14 heavy (non-hydrogen) atoms. The van der Waals surface area contributed by atoms with Crippen LogP contribution in [0.25, 0.3) is 0 Å². The van der Waals surface area contributed by atoms with Crippen molar-refractivity contribution in [2.24, 2.45) is 0 Å². The molecule has 0 heterocycles. The van der Waals surface area contributed by atoms with Gasteiger partial charge in [-0.1, -0.05) is 13.3 Å². The maximum absolute atomic E-state index is 10.8. The van der Waals surface area contributed by atoms with Crippen molar-refractivity contribution >= 4 is 6.41 Å². The zero-order chi connectivity index (χ0) is 10.2. The summed E-state index contributed by atoms with van der Waals surface area (Å²) < 4.78 is 0. The Labute approximate surface area is 86.4 Å². The number of nitrogens with zero attached hydrogens (tertiary/aromatic N) is 1. The monoisotopic (exact) mass is 198 g/mol. The fourth-order valence-corrected chi connectivity index (χ4v) is 1.70. The van der Waals surface area contributed by atoms with Gasteiger partial charge in [0.2, 0.25) is 6.41 Å². The lowest BCUT2D eigenvalue weighted by atomic mass is 9.95. The first-order chi connectivity index (χ1) is 6.88. The molecule has 1 fully saturated rings.